The van der Waals surface area contributed by atoms with E-state index >= 15 is 0 Å². The number of ether oxygens (including phenoxy) is 2. The van der Waals surface area contributed by atoms with Crippen molar-refractivity contribution in [1.29, 1.82) is 5.26 Å². The number of esters is 1. The molecular formula is C27H41N5O5. The van der Waals surface area contributed by atoms with Crippen LogP contribution in [0.5, 0.6) is 0 Å². The van der Waals surface area contributed by atoms with Gasteiger partial charge in [0.2, 0.25) is 5.60 Å². The summed E-state index contributed by atoms with van der Waals surface area (Å²) in [5.41, 5.74) is 5.01. The summed E-state index contributed by atoms with van der Waals surface area (Å²) in [5, 5.41) is 35.6. The number of methoxy groups -OCH3 is 1. The molecule has 3 heterocycles. The standard InChI is InChI=1S/C27H41N5O5/c1-36-23(33)15-13-11-9-7-5-3-2-4-6-8-10-12-14-21-24(34)25(35)27(18-28,37-21)22-17-16-20-26(29)30-19-31-32(20)22/h16-17,19,21,24-25,34-35H,2-15H2,1H3,(H2,29,30,31)/t21-,24-,25-,27+/m1/s1. The average molecular weight is 516 g/mol. The molecule has 0 unspecified atom stereocenters. The van der Waals surface area contributed by atoms with Crippen LogP contribution in [-0.4, -0.2) is 56.2 Å². The van der Waals surface area contributed by atoms with Gasteiger partial charge in [-0.1, -0.05) is 70.6 Å². The highest BCUT2D eigenvalue weighted by Gasteiger charge is 2.57. The molecule has 10 nitrogen and oxygen atoms in total. The third-order valence-corrected chi connectivity index (χ3v) is 7.33. The second kappa shape index (κ2) is 14.3. The molecule has 1 saturated heterocycles. The number of unbranched alkanes of at least 4 members (excludes halogenated alkanes) is 11. The molecule has 204 valence electrons. The lowest BCUT2D eigenvalue weighted by Crippen LogP contribution is -2.40. The van der Waals surface area contributed by atoms with Gasteiger partial charge >= 0.3 is 5.97 Å². The van der Waals surface area contributed by atoms with Gasteiger partial charge in [0.15, 0.2) is 5.82 Å². The first-order valence-corrected chi connectivity index (χ1v) is 13.6. The van der Waals surface area contributed by atoms with Crippen molar-refractivity contribution in [2.75, 3.05) is 12.8 Å². The van der Waals surface area contributed by atoms with Gasteiger partial charge in [-0.05, 0) is 25.0 Å². The quantitative estimate of drug-likeness (QED) is 0.223. The number of carbonyl (C=O) groups is 1. The van der Waals surface area contributed by atoms with Crippen molar-refractivity contribution in [3.05, 3.63) is 24.2 Å². The number of aromatic nitrogens is 3. The van der Waals surface area contributed by atoms with Crippen LogP contribution in [0.1, 0.15) is 95.6 Å². The minimum atomic E-state index is -1.72. The topological polar surface area (TPSA) is 156 Å². The summed E-state index contributed by atoms with van der Waals surface area (Å²) in [6.07, 6.45) is 12.7. The van der Waals surface area contributed by atoms with E-state index in [-0.39, 0.29) is 11.8 Å². The molecule has 0 amide bonds. The Balaban J connectivity index is 1.31. The predicted octanol–water partition coefficient (Wildman–Crippen LogP) is 3.79. The molecule has 1 aliphatic heterocycles. The SMILES string of the molecule is COC(=O)CCCCCCCCCCCCCC[C@H]1O[C@@](C#N)(c2ccc3c(N)ncnn23)[C@H](O)[C@@H]1O. The first-order valence-electron chi connectivity index (χ1n) is 13.6. The van der Waals surface area contributed by atoms with Gasteiger partial charge in [0.25, 0.3) is 0 Å². The van der Waals surface area contributed by atoms with Crippen molar-refractivity contribution in [3.8, 4) is 6.07 Å². The molecular weight excluding hydrogens is 474 g/mol. The van der Waals surface area contributed by atoms with E-state index in [2.05, 4.69) is 20.9 Å². The van der Waals surface area contributed by atoms with Crippen LogP contribution >= 0.6 is 0 Å². The van der Waals surface area contributed by atoms with Crippen LogP contribution in [-0.2, 0) is 19.9 Å². The minimum Gasteiger partial charge on any atom is -0.469 e. The van der Waals surface area contributed by atoms with Gasteiger partial charge < -0.3 is 25.4 Å². The fourth-order valence-electron chi connectivity index (χ4n) is 5.13. The van der Waals surface area contributed by atoms with E-state index in [0.29, 0.717) is 24.1 Å². The highest BCUT2D eigenvalue weighted by Crippen LogP contribution is 2.41. The third kappa shape index (κ3) is 7.18. The minimum absolute atomic E-state index is 0.118. The molecule has 1 fully saturated rings. The summed E-state index contributed by atoms with van der Waals surface area (Å²) in [7, 11) is 1.43. The zero-order chi connectivity index (χ0) is 26.7. The van der Waals surface area contributed by atoms with Crippen LogP contribution in [0.25, 0.3) is 5.52 Å². The van der Waals surface area contributed by atoms with Gasteiger partial charge in [0.1, 0.15) is 30.1 Å². The molecule has 1 aliphatic rings. The number of nitrogens with zero attached hydrogens (tertiary/aromatic N) is 4. The van der Waals surface area contributed by atoms with Crippen molar-refractivity contribution in [2.24, 2.45) is 0 Å². The van der Waals surface area contributed by atoms with Crippen LogP contribution in [0.15, 0.2) is 18.5 Å². The molecule has 3 rings (SSSR count). The molecule has 0 aromatic carbocycles. The number of anilines is 1. The zero-order valence-corrected chi connectivity index (χ0v) is 21.8. The molecule has 0 spiro atoms. The van der Waals surface area contributed by atoms with Gasteiger partial charge in [0.05, 0.1) is 18.9 Å². The van der Waals surface area contributed by atoms with E-state index in [4.69, 9.17) is 10.5 Å². The number of fused-ring (bicyclic) bond motifs is 1. The van der Waals surface area contributed by atoms with E-state index < -0.39 is 23.9 Å². The fourth-order valence-corrected chi connectivity index (χ4v) is 5.13. The number of nitrogen functional groups attached to an aromatic ring is 1. The molecule has 37 heavy (non-hydrogen) atoms. The molecule has 4 N–H and O–H groups in total. The van der Waals surface area contributed by atoms with Crippen LogP contribution < -0.4 is 5.73 Å². The highest BCUT2D eigenvalue weighted by atomic mass is 16.6. The summed E-state index contributed by atoms with van der Waals surface area (Å²) < 4.78 is 12.1. The first-order chi connectivity index (χ1) is 17.9. The number of carbonyl (C=O) groups excluding carboxylic acids is 1. The fraction of sp³-hybridized carbons (Fsp3) is 0.704. The summed E-state index contributed by atoms with van der Waals surface area (Å²) in [6, 6.07) is 5.39. The van der Waals surface area contributed by atoms with Crippen molar-refractivity contribution in [1.82, 2.24) is 14.6 Å². The Morgan fingerprint density at radius 3 is 2.27 bits per heavy atom. The summed E-state index contributed by atoms with van der Waals surface area (Å²) >= 11 is 0. The Kier molecular flexibility index (Phi) is 11.1. The number of rotatable bonds is 16. The molecule has 2 aromatic rings. The van der Waals surface area contributed by atoms with Crippen LogP contribution in [0.2, 0.25) is 0 Å². The zero-order valence-electron chi connectivity index (χ0n) is 21.8. The van der Waals surface area contributed by atoms with Gasteiger partial charge in [0, 0.05) is 6.42 Å². The maximum absolute atomic E-state index is 11.1. The van der Waals surface area contributed by atoms with Crippen LogP contribution in [0, 0.1) is 11.3 Å². The van der Waals surface area contributed by atoms with Crippen molar-refractivity contribution >= 4 is 17.3 Å². The smallest absolute Gasteiger partial charge is 0.305 e. The monoisotopic (exact) mass is 515 g/mol. The lowest BCUT2D eigenvalue weighted by atomic mass is 9.92. The van der Waals surface area contributed by atoms with Gasteiger partial charge in [-0.25, -0.2) is 9.50 Å². The number of aliphatic hydroxyl groups excluding tert-OH is 2. The predicted molar refractivity (Wildman–Crippen MR) is 138 cm³/mol. The largest absolute Gasteiger partial charge is 0.469 e. The summed E-state index contributed by atoms with van der Waals surface area (Å²) in [4.78, 5) is 15.0. The molecule has 2 aromatic heterocycles. The van der Waals surface area contributed by atoms with Crippen LogP contribution in [0.3, 0.4) is 0 Å². The number of hydrogen-bond donors (Lipinski definition) is 3. The van der Waals surface area contributed by atoms with E-state index in [1.54, 1.807) is 12.1 Å². The molecule has 10 heteroatoms. The Morgan fingerprint density at radius 2 is 1.68 bits per heavy atom. The Morgan fingerprint density at radius 1 is 1.08 bits per heavy atom. The molecule has 0 aliphatic carbocycles. The lowest BCUT2D eigenvalue weighted by Gasteiger charge is -2.24. The maximum Gasteiger partial charge on any atom is 0.305 e. The normalized spacial score (nSPS) is 23.4. The number of nitrogens with two attached hydrogens (primary N) is 1. The van der Waals surface area contributed by atoms with Crippen LogP contribution in [0.4, 0.5) is 5.82 Å². The van der Waals surface area contributed by atoms with E-state index in [9.17, 15) is 20.3 Å². The van der Waals surface area contributed by atoms with Crippen molar-refractivity contribution in [3.63, 3.8) is 0 Å². The van der Waals surface area contributed by atoms with Gasteiger partial charge in [-0.2, -0.15) is 10.4 Å². The van der Waals surface area contributed by atoms with Crippen molar-refractivity contribution < 1.29 is 24.5 Å². The number of hydrogen-bond acceptors (Lipinski definition) is 9. The maximum atomic E-state index is 11.1. The molecule has 0 radical (unpaired) electrons. The number of nitriles is 1. The van der Waals surface area contributed by atoms with E-state index in [1.807, 2.05) is 0 Å². The Labute approximate surface area is 218 Å². The highest BCUT2D eigenvalue weighted by molar-refractivity contribution is 5.69. The Hall–Kier alpha value is -2.74. The van der Waals surface area contributed by atoms with Gasteiger partial charge in [-0.3, -0.25) is 4.79 Å². The average Bonchev–Trinajstić information content (AvgIpc) is 3.45. The Bertz CT molecular complexity index is 1040. The molecule has 0 saturated carbocycles. The van der Waals surface area contributed by atoms with Gasteiger partial charge in [-0.15, -0.1) is 0 Å². The van der Waals surface area contributed by atoms with E-state index in [0.717, 1.165) is 32.1 Å². The molecule has 4 atom stereocenters. The van der Waals surface area contributed by atoms with E-state index in [1.165, 1.54) is 62.9 Å². The summed E-state index contributed by atoms with van der Waals surface area (Å²) in [6.45, 7) is 0. The summed E-state index contributed by atoms with van der Waals surface area (Å²) in [5.74, 6) is 0.137. The molecule has 0 bridgehead atoms. The number of aliphatic hydroxyl groups is 2. The first kappa shape index (κ1) is 28.8. The lowest BCUT2D eigenvalue weighted by molar-refractivity contribution is -0.140. The second-order valence-electron chi connectivity index (χ2n) is 9.96. The van der Waals surface area contributed by atoms with Crippen molar-refractivity contribution in [2.45, 2.75) is 114 Å². The second-order valence-corrected chi connectivity index (χ2v) is 9.96. The third-order valence-electron chi connectivity index (χ3n) is 7.33.